The molecule has 1 heterocycles. The highest BCUT2D eigenvalue weighted by Crippen LogP contribution is 2.22. The van der Waals surface area contributed by atoms with Gasteiger partial charge in [-0.1, -0.05) is 18.2 Å². The third-order valence-electron chi connectivity index (χ3n) is 4.76. The maximum absolute atomic E-state index is 12.8. The SMILES string of the molecule is Cc1ccc(C)c(S(=O)(=O)Nc2cccc(C(=O)N3CCNCC3C)c2)c1. The first-order valence-electron chi connectivity index (χ1n) is 9.00. The molecule has 2 aromatic carbocycles. The van der Waals surface area contributed by atoms with Gasteiger partial charge in [0.05, 0.1) is 4.90 Å². The molecule has 1 aliphatic rings. The lowest BCUT2D eigenvalue weighted by atomic mass is 10.1. The number of nitrogens with zero attached hydrogens (tertiary/aromatic N) is 1. The summed E-state index contributed by atoms with van der Waals surface area (Å²) in [5.41, 5.74) is 2.40. The van der Waals surface area contributed by atoms with Gasteiger partial charge in [-0.3, -0.25) is 9.52 Å². The number of piperazine rings is 1. The van der Waals surface area contributed by atoms with Gasteiger partial charge in [-0.25, -0.2) is 8.42 Å². The summed E-state index contributed by atoms with van der Waals surface area (Å²) in [5, 5.41) is 3.26. The zero-order chi connectivity index (χ0) is 19.6. The van der Waals surface area contributed by atoms with E-state index in [4.69, 9.17) is 0 Å². The van der Waals surface area contributed by atoms with E-state index in [0.29, 0.717) is 23.4 Å². The summed E-state index contributed by atoms with van der Waals surface area (Å²) in [4.78, 5) is 14.9. The Balaban J connectivity index is 1.85. The lowest BCUT2D eigenvalue weighted by molar-refractivity contribution is 0.0656. The van der Waals surface area contributed by atoms with Crippen molar-refractivity contribution in [2.24, 2.45) is 0 Å². The van der Waals surface area contributed by atoms with E-state index in [1.54, 1.807) is 43.3 Å². The topological polar surface area (TPSA) is 78.5 Å². The van der Waals surface area contributed by atoms with Crippen molar-refractivity contribution in [2.45, 2.75) is 31.7 Å². The van der Waals surface area contributed by atoms with Crippen LogP contribution in [-0.4, -0.2) is 44.9 Å². The van der Waals surface area contributed by atoms with Gasteiger partial charge in [0.15, 0.2) is 0 Å². The van der Waals surface area contributed by atoms with Crippen LogP contribution in [0.3, 0.4) is 0 Å². The fraction of sp³-hybridized carbons (Fsp3) is 0.350. The molecule has 2 N–H and O–H groups in total. The zero-order valence-corrected chi connectivity index (χ0v) is 16.6. The van der Waals surface area contributed by atoms with Gasteiger partial charge >= 0.3 is 0 Å². The normalized spacial score (nSPS) is 17.6. The quantitative estimate of drug-likeness (QED) is 0.845. The number of benzene rings is 2. The van der Waals surface area contributed by atoms with Gasteiger partial charge in [-0.2, -0.15) is 0 Å². The van der Waals surface area contributed by atoms with E-state index in [0.717, 1.165) is 18.7 Å². The summed E-state index contributed by atoms with van der Waals surface area (Å²) >= 11 is 0. The van der Waals surface area contributed by atoms with Gasteiger partial charge in [0.25, 0.3) is 15.9 Å². The molecule has 6 nitrogen and oxygen atoms in total. The molecule has 0 bridgehead atoms. The molecule has 0 radical (unpaired) electrons. The van der Waals surface area contributed by atoms with Crippen LogP contribution in [0.15, 0.2) is 47.4 Å². The molecular weight excluding hydrogens is 362 g/mol. The van der Waals surface area contributed by atoms with E-state index in [1.165, 1.54) is 0 Å². The minimum Gasteiger partial charge on any atom is -0.333 e. The van der Waals surface area contributed by atoms with Crippen LogP contribution in [0.5, 0.6) is 0 Å². The second kappa shape index (κ2) is 7.70. The Kier molecular flexibility index (Phi) is 5.53. The number of carbonyl (C=O) groups is 1. The van der Waals surface area contributed by atoms with Crippen LogP contribution in [0.2, 0.25) is 0 Å². The summed E-state index contributed by atoms with van der Waals surface area (Å²) in [5.74, 6) is -0.0863. The van der Waals surface area contributed by atoms with Crippen molar-refractivity contribution in [2.75, 3.05) is 24.4 Å². The van der Waals surface area contributed by atoms with Crippen LogP contribution in [0, 0.1) is 13.8 Å². The molecule has 1 unspecified atom stereocenters. The lowest BCUT2D eigenvalue weighted by Gasteiger charge is -2.34. The fourth-order valence-electron chi connectivity index (χ4n) is 3.23. The van der Waals surface area contributed by atoms with E-state index in [-0.39, 0.29) is 16.8 Å². The molecule has 1 amide bonds. The van der Waals surface area contributed by atoms with Gasteiger partial charge in [0.2, 0.25) is 0 Å². The number of amides is 1. The smallest absolute Gasteiger partial charge is 0.262 e. The van der Waals surface area contributed by atoms with Crippen molar-refractivity contribution in [3.63, 3.8) is 0 Å². The maximum Gasteiger partial charge on any atom is 0.262 e. The third kappa shape index (κ3) is 4.31. The van der Waals surface area contributed by atoms with Crippen molar-refractivity contribution in [1.29, 1.82) is 0 Å². The number of anilines is 1. The largest absolute Gasteiger partial charge is 0.333 e. The Bertz CT molecular complexity index is 957. The number of sulfonamides is 1. The van der Waals surface area contributed by atoms with E-state index in [9.17, 15) is 13.2 Å². The second-order valence-corrected chi connectivity index (χ2v) is 8.66. The van der Waals surface area contributed by atoms with Crippen LogP contribution in [0.1, 0.15) is 28.4 Å². The van der Waals surface area contributed by atoms with Crippen LogP contribution >= 0.6 is 0 Å². The van der Waals surface area contributed by atoms with Crippen molar-refractivity contribution in [1.82, 2.24) is 10.2 Å². The average Bonchev–Trinajstić information content (AvgIpc) is 2.63. The van der Waals surface area contributed by atoms with Gasteiger partial charge in [-0.05, 0) is 56.2 Å². The van der Waals surface area contributed by atoms with Gasteiger partial charge in [0.1, 0.15) is 0 Å². The van der Waals surface area contributed by atoms with Crippen molar-refractivity contribution >= 4 is 21.6 Å². The van der Waals surface area contributed by atoms with Crippen molar-refractivity contribution in [3.05, 3.63) is 59.2 Å². The molecule has 1 saturated heterocycles. The number of aryl methyl sites for hydroxylation is 2. The Labute approximate surface area is 160 Å². The summed E-state index contributed by atoms with van der Waals surface area (Å²) < 4.78 is 28.2. The van der Waals surface area contributed by atoms with Crippen LogP contribution in [0.4, 0.5) is 5.69 Å². The van der Waals surface area contributed by atoms with E-state index in [2.05, 4.69) is 10.0 Å². The molecule has 144 valence electrons. The molecule has 1 fully saturated rings. The molecule has 3 rings (SSSR count). The molecule has 0 spiro atoms. The Morgan fingerprint density at radius 3 is 2.70 bits per heavy atom. The first-order valence-corrected chi connectivity index (χ1v) is 10.5. The number of nitrogens with one attached hydrogen (secondary N) is 2. The number of hydrogen-bond donors (Lipinski definition) is 2. The summed E-state index contributed by atoms with van der Waals surface area (Å²) in [6, 6.07) is 12.1. The van der Waals surface area contributed by atoms with E-state index in [1.807, 2.05) is 24.8 Å². The van der Waals surface area contributed by atoms with Gasteiger partial charge in [0, 0.05) is 36.9 Å². The minimum atomic E-state index is -3.73. The minimum absolute atomic E-state index is 0.0863. The third-order valence-corrected chi connectivity index (χ3v) is 6.28. The molecule has 0 saturated carbocycles. The highest BCUT2D eigenvalue weighted by molar-refractivity contribution is 7.92. The van der Waals surface area contributed by atoms with Crippen molar-refractivity contribution < 1.29 is 13.2 Å². The highest BCUT2D eigenvalue weighted by atomic mass is 32.2. The molecule has 7 heteroatoms. The standard InChI is InChI=1S/C20H25N3O3S/c1-14-7-8-15(2)19(11-14)27(25,26)22-18-6-4-5-17(12-18)20(24)23-10-9-21-13-16(23)3/h4-8,11-12,16,21-22H,9-10,13H2,1-3H3. The molecule has 1 aliphatic heterocycles. The molecule has 0 aromatic heterocycles. The summed E-state index contributed by atoms with van der Waals surface area (Å²) in [7, 11) is -3.73. The van der Waals surface area contributed by atoms with E-state index < -0.39 is 10.0 Å². The van der Waals surface area contributed by atoms with Crippen molar-refractivity contribution in [3.8, 4) is 0 Å². The van der Waals surface area contributed by atoms with E-state index >= 15 is 0 Å². The number of hydrogen-bond acceptors (Lipinski definition) is 4. The first-order chi connectivity index (χ1) is 12.8. The molecular formula is C20H25N3O3S. The second-order valence-electron chi connectivity index (χ2n) is 7.01. The Morgan fingerprint density at radius 1 is 1.19 bits per heavy atom. The number of carbonyl (C=O) groups excluding carboxylic acids is 1. The van der Waals surface area contributed by atoms with Crippen LogP contribution in [0.25, 0.3) is 0 Å². The maximum atomic E-state index is 12.8. The van der Waals surface area contributed by atoms with Gasteiger partial charge in [-0.15, -0.1) is 0 Å². The first kappa shape index (κ1) is 19.4. The summed E-state index contributed by atoms with van der Waals surface area (Å²) in [6.45, 7) is 7.77. The highest BCUT2D eigenvalue weighted by Gasteiger charge is 2.24. The molecule has 1 atom stereocenters. The fourth-order valence-corrected chi connectivity index (χ4v) is 4.61. The molecule has 27 heavy (non-hydrogen) atoms. The Hall–Kier alpha value is -2.38. The van der Waals surface area contributed by atoms with Gasteiger partial charge < -0.3 is 10.2 Å². The predicted octanol–water partition coefficient (Wildman–Crippen LogP) is 2.54. The predicted molar refractivity (Wildman–Crippen MR) is 107 cm³/mol. The van der Waals surface area contributed by atoms with Crippen LogP contribution < -0.4 is 10.0 Å². The Morgan fingerprint density at radius 2 is 1.96 bits per heavy atom. The summed E-state index contributed by atoms with van der Waals surface area (Å²) in [6.07, 6.45) is 0. The van der Waals surface area contributed by atoms with Crippen LogP contribution in [-0.2, 0) is 10.0 Å². The lowest BCUT2D eigenvalue weighted by Crippen LogP contribution is -2.52. The molecule has 0 aliphatic carbocycles. The monoisotopic (exact) mass is 387 g/mol. The average molecular weight is 388 g/mol. The zero-order valence-electron chi connectivity index (χ0n) is 15.8. The number of rotatable bonds is 4. The molecule has 2 aromatic rings.